The Morgan fingerprint density at radius 1 is 1.45 bits per heavy atom. The Bertz CT molecular complexity index is 436. The van der Waals surface area contributed by atoms with E-state index in [4.69, 9.17) is 5.73 Å². The SMILES string of the molecule is CC(O)C1CC(NCc2ccccc2)CN(C(N)=O)C1. The first kappa shape index (κ1) is 14.8. The zero-order chi connectivity index (χ0) is 14.5. The molecule has 0 aliphatic carbocycles. The number of nitrogens with one attached hydrogen (secondary N) is 1. The summed E-state index contributed by atoms with van der Waals surface area (Å²) < 4.78 is 0. The lowest BCUT2D eigenvalue weighted by molar-refractivity contribution is 0.0621. The lowest BCUT2D eigenvalue weighted by Crippen LogP contribution is -2.54. The van der Waals surface area contributed by atoms with E-state index < -0.39 is 12.1 Å². The van der Waals surface area contributed by atoms with Gasteiger partial charge in [-0.25, -0.2) is 4.79 Å². The molecule has 3 unspecified atom stereocenters. The Balaban J connectivity index is 1.94. The topological polar surface area (TPSA) is 78.6 Å². The fourth-order valence-electron chi connectivity index (χ4n) is 2.67. The number of nitrogens with two attached hydrogens (primary N) is 1. The highest BCUT2D eigenvalue weighted by molar-refractivity contribution is 5.72. The first-order valence-electron chi connectivity index (χ1n) is 7.06. The summed E-state index contributed by atoms with van der Waals surface area (Å²) in [7, 11) is 0. The predicted octanol–water partition coefficient (Wildman–Crippen LogP) is 0.926. The molecule has 0 aromatic heterocycles. The maximum Gasteiger partial charge on any atom is 0.314 e. The molecule has 0 radical (unpaired) electrons. The first-order chi connectivity index (χ1) is 9.56. The predicted molar refractivity (Wildman–Crippen MR) is 78.0 cm³/mol. The van der Waals surface area contributed by atoms with Crippen molar-refractivity contribution >= 4 is 6.03 Å². The van der Waals surface area contributed by atoms with Crippen LogP contribution in [0.15, 0.2) is 30.3 Å². The molecule has 110 valence electrons. The average molecular weight is 277 g/mol. The number of rotatable bonds is 4. The maximum absolute atomic E-state index is 11.4. The number of carbonyl (C=O) groups excluding carboxylic acids is 1. The zero-order valence-electron chi connectivity index (χ0n) is 11.8. The molecule has 4 N–H and O–H groups in total. The van der Waals surface area contributed by atoms with Gasteiger partial charge in [0.15, 0.2) is 0 Å². The second kappa shape index (κ2) is 6.72. The summed E-state index contributed by atoms with van der Waals surface area (Å²) in [5.74, 6) is 0.0736. The number of primary amides is 1. The van der Waals surface area contributed by atoms with Crippen LogP contribution in [-0.2, 0) is 6.54 Å². The number of likely N-dealkylation sites (tertiary alicyclic amines) is 1. The van der Waals surface area contributed by atoms with Crippen molar-refractivity contribution in [2.45, 2.75) is 32.0 Å². The summed E-state index contributed by atoms with van der Waals surface area (Å²) in [5.41, 5.74) is 6.58. The quantitative estimate of drug-likeness (QED) is 0.766. The van der Waals surface area contributed by atoms with Gasteiger partial charge in [-0.2, -0.15) is 0 Å². The molecule has 5 heteroatoms. The Morgan fingerprint density at radius 2 is 2.15 bits per heavy atom. The van der Waals surface area contributed by atoms with Crippen LogP contribution in [0.25, 0.3) is 0 Å². The molecule has 1 saturated heterocycles. The zero-order valence-corrected chi connectivity index (χ0v) is 11.8. The second-order valence-corrected chi connectivity index (χ2v) is 5.54. The van der Waals surface area contributed by atoms with Gasteiger partial charge in [0.1, 0.15) is 0 Å². The molecule has 0 spiro atoms. The molecule has 0 bridgehead atoms. The third kappa shape index (κ3) is 3.95. The van der Waals surface area contributed by atoms with E-state index in [0.29, 0.717) is 13.1 Å². The molecule has 1 aromatic carbocycles. The highest BCUT2D eigenvalue weighted by Gasteiger charge is 2.31. The summed E-state index contributed by atoms with van der Waals surface area (Å²) in [6, 6.07) is 9.88. The van der Waals surface area contributed by atoms with Gasteiger partial charge in [0, 0.05) is 31.6 Å². The van der Waals surface area contributed by atoms with Crippen molar-refractivity contribution in [3.05, 3.63) is 35.9 Å². The molecule has 1 aromatic rings. The van der Waals surface area contributed by atoms with Crippen LogP contribution in [0.2, 0.25) is 0 Å². The highest BCUT2D eigenvalue weighted by atomic mass is 16.3. The molecular weight excluding hydrogens is 254 g/mol. The van der Waals surface area contributed by atoms with Crippen LogP contribution in [0.5, 0.6) is 0 Å². The van der Waals surface area contributed by atoms with Gasteiger partial charge in [-0.15, -0.1) is 0 Å². The van der Waals surface area contributed by atoms with Crippen LogP contribution < -0.4 is 11.1 Å². The Hall–Kier alpha value is -1.59. The van der Waals surface area contributed by atoms with Crippen molar-refractivity contribution in [3.63, 3.8) is 0 Å². The van der Waals surface area contributed by atoms with Gasteiger partial charge in [-0.1, -0.05) is 30.3 Å². The van der Waals surface area contributed by atoms with Gasteiger partial charge >= 0.3 is 6.03 Å². The van der Waals surface area contributed by atoms with E-state index in [9.17, 15) is 9.90 Å². The maximum atomic E-state index is 11.4. The van der Waals surface area contributed by atoms with Gasteiger partial charge in [-0.3, -0.25) is 0 Å². The number of hydrogen-bond donors (Lipinski definition) is 3. The number of nitrogens with zero attached hydrogens (tertiary/aromatic N) is 1. The first-order valence-corrected chi connectivity index (χ1v) is 7.06. The van der Waals surface area contributed by atoms with Crippen molar-refractivity contribution in [2.75, 3.05) is 13.1 Å². The normalized spacial score (nSPS) is 24.4. The van der Waals surface area contributed by atoms with E-state index in [1.807, 2.05) is 18.2 Å². The monoisotopic (exact) mass is 277 g/mol. The van der Waals surface area contributed by atoms with E-state index in [1.165, 1.54) is 5.56 Å². The van der Waals surface area contributed by atoms with E-state index in [1.54, 1.807) is 11.8 Å². The fraction of sp³-hybridized carbons (Fsp3) is 0.533. The number of urea groups is 1. The largest absolute Gasteiger partial charge is 0.393 e. The number of aliphatic hydroxyl groups excluding tert-OH is 1. The number of benzene rings is 1. The molecular formula is C15H23N3O2. The van der Waals surface area contributed by atoms with Crippen molar-refractivity contribution in [3.8, 4) is 0 Å². The Morgan fingerprint density at radius 3 is 2.75 bits per heavy atom. The van der Waals surface area contributed by atoms with Crippen LogP contribution in [-0.4, -0.2) is 41.3 Å². The fourth-order valence-corrected chi connectivity index (χ4v) is 2.67. The van der Waals surface area contributed by atoms with Gasteiger partial charge in [-0.05, 0) is 18.9 Å². The molecule has 1 heterocycles. The molecule has 5 nitrogen and oxygen atoms in total. The van der Waals surface area contributed by atoms with Crippen molar-refractivity contribution in [2.24, 2.45) is 11.7 Å². The van der Waals surface area contributed by atoms with Crippen LogP contribution >= 0.6 is 0 Å². The lowest BCUT2D eigenvalue weighted by Gasteiger charge is -2.38. The van der Waals surface area contributed by atoms with Crippen molar-refractivity contribution in [1.29, 1.82) is 0 Å². The second-order valence-electron chi connectivity index (χ2n) is 5.54. The molecule has 3 atom stereocenters. The summed E-state index contributed by atoms with van der Waals surface area (Å²) >= 11 is 0. The minimum absolute atomic E-state index is 0.0736. The van der Waals surface area contributed by atoms with Crippen molar-refractivity contribution in [1.82, 2.24) is 10.2 Å². The van der Waals surface area contributed by atoms with Crippen LogP contribution in [0, 0.1) is 5.92 Å². The van der Waals surface area contributed by atoms with Crippen LogP contribution in [0.3, 0.4) is 0 Å². The van der Waals surface area contributed by atoms with Gasteiger partial charge in [0.05, 0.1) is 6.10 Å². The minimum atomic E-state index is -0.432. The Labute approximate surface area is 119 Å². The molecule has 2 amide bonds. The highest BCUT2D eigenvalue weighted by Crippen LogP contribution is 2.20. The number of amides is 2. The summed E-state index contributed by atoms with van der Waals surface area (Å²) in [6.07, 6.45) is 0.423. The van der Waals surface area contributed by atoms with Crippen molar-refractivity contribution < 1.29 is 9.90 Å². The molecule has 1 fully saturated rings. The van der Waals surface area contributed by atoms with Crippen LogP contribution in [0.4, 0.5) is 4.79 Å². The van der Waals surface area contributed by atoms with E-state index in [-0.39, 0.29) is 12.0 Å². The van der Waals surface area contributed by atoms with Gasteiger partial charge < -0.3 is 21.1 Å². The van der Waals surface area contributed by atoms with E-state index in [0.717, 1.165) is 13.0 Å². The van der Waals surface area contributed by atoms with Gasteiger partial charge in [0.2, 0.25) is 0 Å². The smallest absolute Gasteiger partial charge is 0.314 e. The number of aliphatic hydroxyl groups is 1. The summed E-state index contributed by atoms with van der Waals surface area (Å²) in [6.45, 7) is 3.66. The van der Waals surface area contributed by atoms with Gasteiger partial charge in [0.25, 0.3) is 0 Å². The number of piperidine rings is 1. The van der Waals surface area contributed by atoms with Crippen LogP contribution in [0.1, 0.15) is 18.9 Å². The molecule has 1 aliphatic heterocycles. The molecule has 2 rings (SSSR count). The third-order valence-corrected chi connectivity index (χ3v) is 3.91. The molecule has 1 aliphatic rings. The lowest BCUT2D eigenvalue weighted by atomic mass is 9.90. The van der Waals surface area contributed by atoms with E-state index in [2.05, 4.69) is 17.4 Å². The number of hydrogen-bond acceptors (Lipinski definition) is 3. The molecule has 0 saturated carbocycles. The Kier molecular flexibility index (Phi) is 4.98. The standard InChI is InChI=1S/C15H23N3O2/c1-11(19)13-7-14(10-18(9-13)15(16)20)17-8-12-5-3-2-4-6-12/h2-6,11,13-14,17,19H,7-10H2,1H3,(H2,16,20). The number of carbonyl (C=O) groups is 1. The summed E-state index contributed by atoms with van der Waals surface area (Å²) in [5, 5.41) is 13.2. The summed E-state index contributed by atoms with van der Waals surface area (Å²) in [4.78, 5) is 13.0. The average Bonchev–Trinajstić information content (AvgIpc) is 2.45. The van der Waals surface area contributed by atoms with E-state index >= 15 is 0 Å². The third-order valence-electron chi connectivity index (χ3n) is 3.91. The minimum Gasteiger partial charge on any atom is -0.393 e. The molecule has 20 heavy (non-hydrogen) atoms.